The van der Waals surface area contributed by atoms with Crippen LogP contribution in [0.5, 0.6) is 5.75 Å². The summed E-state index contributed by atoms with van der Waals surface area (Å²) in [6.45, 7) is 0.629. The van der Waals surface area contributed by atoms with Crippen molar-refractivity contribution in [3.05, 3.63) is 29.5 Å². The van der Waals surface area contributed by atoms with Crippen molar-refractivity contribution in [2.45, 2.75) is 31.3 Å². The van der Waals surface area contributed by atoms with Gasteiger partial charge in [0.15, 0.2) is 16.8 Å². The van der Waals surface area contributed by atoms with Gasteiger partial charge in [-0.25, -0.2) is 4.79 Å². The number of ether oxygens (including phenoxy) is 1. The molecule has 2 bridgehead atoms. The summed E-state index contributed by atoms with van der Waals surface area (Å²) >= 11 is 6.10. The summed E-state index contributed by atoms with van der Waals surface area (Å²) in [5, 5.41) is 9.13. The van der Waals surface area contributed by atoms with E-state index < -0.39 is 18.2 Å². The van der Waals surface area contributed by atoms with Crippen molar-refractivity contribution in [3.63, 3.8) is 0 Å². The van der Waals surface area contributed by atoms with Gasteiger partial charge in [-0.2, -0.15) is 4.98 Å². The minimum atomic E-state index is -4.98. The van der Waals surface area contributed by atoms with Gasteiger partial charge in [-0.1, -0.05) is 11.6 Å². The normalized spacial score (nSPS) is 21.2. The monoisotopic (exact) mass is 457 g/mol. The van der Waals surface area contributed by atoms with Crippen LogP contribution in [0, 0.1) is 0 Å². The lowest BCUT2D eigenvalue weighted by Gasteiger charge is -2.38. The third kappa shape index (κ3) is 3.42. The zero-order valence-electron chi connectivity index (χ0n) is 15.7. The Kier molecular flexibility index (Phi) is 4.47. The number of benzene rings is 1. The van der Waals surface area contributed by atoms with Crippen LogP contribution in [-0.2, 0) is 0 Å². The molecule has 2 atom stereocenters. The fourth-order valence-corrected chi connectivity index (χ4v) is 4.59. The predicted molar refractivity (Wildman–Crippen MR) is 102 cm³/mol. The topological polar surface area (TPSA) is 92.2 Å². The van der Waals surface area contributed by atoms with Crippen LogP contribution >= 0.6 is 11.6 Å². The number of nitrogens with zero attached hydrogens (tertiary/aromatic N) is 3. The highest BCUT2D eigenvalue weighted by molar-refractivity contribution is 6.33. The van der Waals surface area contributed by atoms with Crippen LogP contribution in [0.2, 0.25) is 5.02 Å². The number of carbonyl (C=O) groups is 1. The number of alkyl halides is 3. The van der Waals surface area contributed by atoms with Crippen molar-refractivity contribution >= 4 is 34.8 Å². The molecule has 0 aliphatic carbocycles. The summed E-state index contributed by atoms with van der Waals surface area (Å²) in [4.78, 5) is 18.9. The lowest BCUT2D eigenvalue weighted by atomic mass is 10.1. The van der Waals surface area contributed by atoms with Gasteiger partial charge in [0, 0.05) is 13.1 Å². The predicted octanol–water partition coefficient (Wildman–Crippen LogP) is 4.97. The largest absolute Gasteiger partial charge is 0.573 e. The van der Waals surface area contributed by atoms with E-state index in [0.717, 1.165) is 0 Å². The average Bonchev–Trinajstić information content (AvgIpc) is 3.41. The Morgan fingerprint density at radius 1 is 1.29 bits per heavy atom. The number of fused-ring (bicyclic) bond motifs is 3. The Balaban J connectivity index is 1.60. The molecule has 31 heavy (non-hydrogen) atoms. The maximum Gasteiger partial charge on any atom is 0.573 e. The maximum atomic E-state index is 13.0. The van der Waals surface area contributed by atoms with Gasteiger partial charge in [0.05, 0.1) is 28.9 Å². The number of anilines is 1. The summed E-state index contributed by atoms with van der Waals surface area (Å²) in [6.07, 6.45) is -3.17. The number of halogens is 4. The van der Waals surface area contributed by atoms with E-state index in [2.05, 4.69) is 9.72 Å². The molecule has 0 spiro atoms. The zero-order valence-corrected chi connectivity index (χ0v) is 16.5. The molecule has 3 aromatic rings. The molecule has 1 amide bonds. The van der Waals surface area contributed by atoms with Crippen molar-refractivity contribution in [1.29, 1.82) is 0 Å². The van der Waals surface area contributed by atoms with Gasteiger partial charge in [0.25, 0.3) is 6.01 Å². The summed E-state index contributed by atoms with van der Waals surface area (Å²) < 4.78 is 54.3. The summed E-state index contributed by atoms with van der Waals surface area (Å²) in [5.41, 5.74) is 0.159. The standard InChI is InChI=1S/C19H15ClF3N3O5/c20-12-6-11(13-2-1-5-29-13)15-14(16(12)31-19(21,22)23)24-17(30-15)25-7-9-3-4-10(8-25)26(9)18(27)28/h1-2,5-6,9-10H,3-4,7-8H2,(H,27,28). The first-order valence-electron chi connectivity index (χ1n) is 9.40. The molecule has 8 nitrogen and oxygen atoms in total. The number of hydrogen-bond donors (Lipinski definition) is 1. The number of carboxylic acid groups (broad SMARTS) is 1. The minimum absolute atomic E-state index is 0.0293. The quantitative estimate of drug-likeness (QED) is 0.593. The Morgan fingerprint density at radius 2 is 2.00 bits per heavy atom. The van der Waals surface area contributed by atoms with E-state index in [4.69, 9.17) is 20.4 Å². The van der Waals surface area contributed by atoms with Crippen molar-refractivity contribution < 1.29 is 36.6 Å². The van der Waals surface area contributed by atoms with Gasteiger partial charge in [-0.05, 0) is 31.0 Å². The molecule has 1 aromatic carbocycles. The minimum Gasteiger partial charge on any atom is -0.465 e. The first kappa shape index (κ1) is 19.9. The van der Waals surface area contributed by atoms with Crippen molar-refractivity contribution in [2.75, 3.05) is 18.0 Å². The fraction of sp³-hybridized carbons (Fsp3) is 0.368. The Hall–Kier alpha value is -3.08. The van der Waals surface area contributed by atoms with Crippen LogP contribution in [0.25, 0.3) is 22.4 Å². The highest BCUT2D eigenvalue weighted by Gasteiger charge is 2.44. The number of furan rings is 1. The van der Waals surface area contributed by atoms with Crippen molar-refractivity contribution in [2.24, 2.45) is 0 Å². The second kappa shape index (κ2) is 6.98. The number of rotatable bonds is 3. The maximum absolute atomic E-state index is 13.0. The van der Waals surface area contributed by atoms with Gasteiger partial charge < -0.3 is 23.6 Å². The third-order valence-electron chi connectivity index (χ3n) is 5.54. The Bertz CT molecular complexity index is 1130. The average molecular weight is 458 g/mol. The molecule has 164 valence electrons. The van der Waals surface area contributed by atoms with Gasteiger partial charge >= 0.3 is 12.5 Å². The van der Waals surface area contributed by atoms with Gasteiger partial charge in [0.1, 0.15) is 5.76 Å². The van der Waals surface area contributed by atoms with E-state index in [1.807, 2.05) is 0 Å². The SMILES string of the molecule is O=C(O)N1C2CCC1CN(c1nc3c(OC(F)(F)F)c(Cl)cc(-c4ccco4)c3o1)C2. The van der Waals surface area contributed by atoms with Crippen LogP contribution in [0.4, 0.5) is 24.0 Å². The highest BCUT2D eigenvalue weighted by atomic mass is 35.5. The first-order valence-corrected chi connectivity index (χ1v) is 9.78. The van der Waals surface area contributed by atoms with Crippen LogP contribution in [0.15, 0.2) is 33.3 Å². The number of hydrogen-bond acceptors (Lipinski definition) is 6. The Labute approximate surface area is 177 Å². The molecule has 2 fully saturated rings. The van der Waals surface area contributed by atoms with Crippen LogP contribution < -0.4 is 9.64 Å². The number of aromatic nitrogens is 1. The molecule has 5 rings (SSSR count). The van der Waals surface area contributed by atoms with E-state index in [1.54, 1.807) is 17.0 Å². The van der Waals surface area contributed by atoms with E-state index in [1.165, 1.54) is 17.2 Å². The van der Waals surface area contributed by atoms with E-state index in [0.29, 0.717) is 37.3 Å². The van der Waals surface area contributed by atoms with Gasteiger partial charge in [-0.3, -0.25) is 4.90 Å². The summed E-state index contributed by atoms with van der Waals surface area (Å²) in [7, 11) is 0. The van der Waals surface area contributed by atoms with Gasteiger partial charge in [0.2, 0.25) is 0 Å². The van der Waals surface area contributed by atoms with Gasteiger partial charge in [-0.15, -0.1) is 13.2 Å². The lowest BCUT2D eigenvalue weighted by Crippen LogP contribution is -2.55. The molecular weight excluding hydrogens is 443 g/mol. The molecule has 2 aromatic heterocycles. The molecule has 1 N–H and O–H groups in total. The molecule has 12 heteroatoms. The Morgan fingerprint density at radius 3 is 2.58 bits per heavy atom. The zero-order chi connectivity index (χ0) is 21.9. The second-order valence-electron chi connectivity index (χ2n) is 7.41. The fourth-order valence-electron chi connectivity index (χ4n) is 4.35. The van der Waals surface area contributed by atoms with Crippen molar-refractivity contribution in [1.82, 2.24) is 9.88 Å². The molecular formula is C19H15ClF3N3O5. The molecule has 2 saturated heterocycles. The second-order valence-corrected chi connectivity index (χ2v) is 7.82. The van der Waals surface area contributed by atoms with Crippen LogP contribution in [-0.4, -0.2) is 52.6 Å². The van der Waals surface area contributed by atoms with Crippen LogP contribution in [0.3, 0.4) is 0 Å². The molecule has 2 aliphatic rings. The smallest absolute Gasteiger partial charge is 0.465 e. The van der Waals surface area contributed by atoms with E-state index in [9.17, 15) is 23.1 Å². The van der Waals surface area contributed by atoms with Crippen LogP contribution in [0.1, 0.15) is 12.8 Å². The molecule has 0 radical (unpaired) electrons. The number of piperazine rings is 1. The lowest BCUT2D eigenvalue weighted by molar-refractivity contribution is -0.274. The van der Waals surface area contributed by atoms with E-state index >= 15 is 0 Å². The first-order chi connectivity index (χ1) is 14.7. The highest BCUT2D eigenvalue weighted by Crippen LogP contribution is 2.44. The summed E-state index contributed by atoms with van der Waals surface area (Å²) in [6, 6.07) is 4.08. The van der Waals surface area contributed by atoms with Crippen molar-refractivity contribution in [3.8, 4) is 17.1 Å². The molecule has 2 aliphatic heterocycles. The number of oxazole rings is 1. The molecule has 0 saturated carbocycles. The molecule has 4 heterocycles. The third-order valence-corrected chi connectivity index (χ3v) is 5.82. The van der Waals surface area contributed by atoms with E-state index in [-0.39, 0.29) is 34.2 Å². The molecule has 2 unspecified atom stereocenters. The summed E-state index contributed by atoms with van der Waals surface area (Å²) in [5.74, 6) is -0.328. The number of amides is 1.